The quantitative estimate of drug-likeness (QED) is 0.407. The van der Waals surface area contributed by atoms with E-state index in [4.69, 9.17) is 4.42 Å². The van der Waals surface area contributed by atoms with Crippen molar-refractivity contribution in [3.63, 3.8) is 0 Å². The molecule has 4 aromatic rings. The van der Waals surface area contributed by atoms with E-state index in [1.807, 2.05) is 18.2 Å². The predicted octanol–water partition coefficient (Wildman–Crippen LogP) is 5.59. The van der Waals surface area contributed by atoms with Crippen molar-refractivity contribution in [2.45, 2.75) is 26.3 Å². The Bertz CT molecular complexity index is 1160. The molecule has 156 valence electrons. The van der Waals surface area contributed by atoms with Crippen molar-refractivity contribution in [3.05, 3.63) is 57.6 Å². The van der Waals surface area contributed by atoms with Crippen LogP contribution in [0.5, 0.6) is 5.88 Å². The molecule has 4 heterocycles. The van der Waals surface area contributed by atoms with Crippen LogP contribution in [0.3, 0.4) is 0 Å². The summed E-state index contributed by atoms with van der Waals surface area (Å²) in [6.07, 6.45) is 2.83. The van der Waals surface area contributed by atoms with E-state index in [-0.39, 0.29) is 11.9 Å². The van der Waals surface area contributed by atoms with Crippen LogP contribution in [-0.2, 0) is 0 Å². The molecule has 0 radical (unpaired) electrons. The van der Waals surface area contributed by atoms with Gasteiger partial charge in [0.15, 0.2) is 5.76 Å². The van der Waals surface area contributed by atoms with Crippen molar-refractivity contribution in [1.82, 2.24) is 19.5 Å². The Kier molecular flexibility index (Phi) is 5.16. The number of aromatic hydroxyl groups is 1. The van der Waals surface area contributed by atoms with Crippen molar-refractivity contribution in [1.29, 1.82) is 0 Å². The number of nitrogens with zero attached hydrogens (tertiary/aromatic N) is 4. The normalized spacial score (nSPS) is 21.3. The fraction of sp³-hybridized carbons (Fsp3) is 0.364. The van der Waals surface area contributed by atoms with Crippen molar-refractivity contribution in [3.8, 4) is 17.5 Å². The van der Waals surface area contributed by atoms with Gasteiger partial charge in [-0.2, -0.15) is 9.50 Å². The third-order valence-electron chi connectivity index (χ3n) is 5.62. The molecular weight excluding hydrogens is 464 g/mol. The first-order chi connectivity index (χ1) is 14.5. The van der Waals surface area contributed by atoms with Crippen molar-refractivity contribution in [2.24, 2.45) is 11.8 Å². The van der Waals surface area contributed by atoms with Crippen molar-refractivity contribution < 1.29 is 9.52 Å². The van der Waals surface area contributed by atoms with Gasteiger partial charge in [-0.25, -0.2) is 0 Å². The molecule has 1 N–H and O–H groups in total. The summed E-state index contributed by atoms with van der Waals surface area (Å²) in [6, 6.07) is 11.9. The van der Waals surface area contributed by atoms with Crippen LogP contribution in [0.4, 0.5) is 0 Å². The number of furan rings is 1. The first kappa shape index (κ1) is 19.8. The average molecular weight is 487 g/mol. The summed E-state index contributed by atoms with van der Waals surface area (Å²) in [4.78, 5) is 8.61. The van der Waals surface area contributed by atoms with Gasteiger partial charge in [0, 0.05) is 17.6 Å². The SMILES string of the molecule is C[C@H]1C[C@H](C)CN([C@@H](c2cccc(Br)c2)c2sc3nc(-c4ccco4)nn3c2O)C1. The molecule has 0 bridgehead atoms. The Hall–Kier alpha value is -2.16. The second-order valence-electron chi connectivity index (χ2n) is 8.25. The molecule has 3 aromatic heterocycles. The van der Waals surface area contributed by atoms with Crippen molar-refractivity contribution in [2.75, 3.05) is 13.1 Å². The Morgan fingerprint density at radius 2 is 2.00 bits per heavy atom. The maximum absolute atomic E-state index is 11.2. The molecule has 3 atom stereocenters. The monoisotopic (exact) mass is 486 g/mol. The van der Waals surface area contributed by atoms with E-state index >= 15 is 0 Å². The number of hydrogen-bond donors (Lipinski definition) is 1. The molecule has 0 saturated carbocycles. The zero-order valence-corrected chi connectivity index (χ0v) is 19.2. The minimum atomic E-state index is -0.0479. The predicted molar refractivity (Wildman–Crippen MR) is 121 cm³/mol. The molecule has 1 aliphatic rings. The van der Waals surface area contributed by atoms with Gasteiger partial charge in [-0.05, 0) is 48.1 Å². The van der Waals surface area contributed by atoms with Gasteiger partial charge in [0.25, 0.3) is 0 Å². The molecule has 0 unspecified atom stereocenters. The largest absolute Gasteiger partial charge is 0.492 e. The van der Waals surface area contributed by atoms with Crippen molar-refractivity contribution >= 4 is 32.2 Å². The summed E-state index contributed by atoms with van der Waals surface area (Å²) in [5.74, 6) is 2.44. The van der Waals surface area contributed by atoms with Crippen LogP contribution in [0, 0.1) is 11.8 Å². The fourth-order valence-corrected chi connectivity index (χ4v) is 6.10. The topological polar surface area (TPSA) is 66.8 Å². The number of benzene rings is 1. The standard InChI is InChI=1S/C22H23BrN4O2S/c1-13-9-14(2)12-26(11-13)18(15-5-3-6-16(23)10-15)19-21(28)27-22(30-19)24-20(25-27)17-7-4-8-29-17/h3-8,10,13-14,18,28H,9,11-12H2,1-2H3/t13-,14-,18-/m0/s1. The highest BCUT2D eigenvalue weighted by Crippen LogP contribution is 2.42. The molecule has 0 amide bonds. The van der Waals surface area contributed by atoms with Crippen LogP contribution in [0.2, 0.25) is 0 Å². The van der Waals surface area contributed by atoms with Gasteiger partial charge in [0.1, 0.15) is 0 Å². The van der Waals surface area contributed by atoms with E-state index in [0.717, 1.165) is 28.0 Å². The molecule has 1 aromatic carbocycles. The van der Waals surface area contributed by atoms with Crippen LogP contribution in [0.1, 0.15) is 36.8 Å². The lowest BCUT2D eigenvalue weighted by Crippen LogP contribution is -2.41. The summed E-state index contributed by atoms with van der Waals surface area (Å²) >= 11 is 5.10. The van der Waals surface area contributed by atoms with Gasteiger partial charge in [-0.1, -0.05) is 53.2 Å². The van der Waals surface area contributed by atoms with E-state index in [0.29, 0.717) is 28.4 Å². The highest BCUT2D eigenvalue weighted by molar-refractivity contribution is 9.10. The van der Waals surface area contributed by atoms with Gasteiger partial charge in [0.2, 0.25) is 16.7 Å². The number of rotatable bonds is 4. The maximum atomic E-state index is 11.2. The molecule has 6 nitrogen and oxygen atoms in total. The van der Waals surface area contributed by atoms with Gasteiger partial charge in [-0.15, -0.1) is 5.10 Å². The van der Waals surface area contributed by atoms with E-state index in [9.17, 15) is 5.11 Å². The van der Waals surface area contributed by atoms with Crippen LogP contribution in [0.15, 0.2) is 51.6 Å². The summed E-state index contributed by atoms with van der Waals surface area (Å²) in [5.41, 5.74) is 1.15. The lowest BCUT2D eigenvalue weighted by atomic mass is 9.89. The van der Waals surface area contributed by atoms with Gasteiger partial charge < -0.3 is 9.52 Å². The van der Waals surface area contributed by atoms with Crippen LogP contribution >= 0.6 is 27.3 Å². The maximum Gasteiger partial charge on any atom is 0.230 e. The lowest BCUT2D eigenvalue weighted by molar-refractivity contribution is 0.112. The number of halogens is 1. The van der Waals surface area contributed by atoms with Crippen LogP contribution in [-0.4, -0.2) is 37.7 Å². The second kappa shape index (κ2) is 7.83. The van der Waals surface area contributed by atoms with Crippen LogP contribution < -0.4 is 0 Å². The average Bonchev–Trinajstić information content (AvgIpc) is 3.40. The number of thiazole rings is 1. The Balaban J connectivity index is 1.61. The van der Waals surface area contributed by atoms with Gasteiger partial charge in [-0.3, -0.25) is 4.90 Å². The third kappa shape index (κ3) is 3.57. The van der Waals surface area contributed by atoms with E-state index < -0.39 is 0 Å². The Labute approximate surface area is 187 Å². The fourth-order valence-electron chi connectivity index (χ4n) is 4.57. The minimum Gasteiger partial charge on any atom is -0.492 e. The molecule has 1 fully saturated rings. The number of hydrogen-bond acceptors (Lipinski definition) is 6. The smallest absolute Gasteiger partial charge is 0.230 e. The van der Waals surface area contributed by atoms with E-state index in [1.165, 1.54) is 22.3 Å². The molecule has 0 aliphatic carbocycles. The minimum absolute atomic E-state index is 0.0479. The molecule has 8 heteroatoms. The molecular formula is C22H23BrN4O2S. The first-order valence-corrected chi connectivity index (χ1v) is 11.7. The number of piperidine rings is 1. The molecule has 1 saturated heterocycles. The highest BCUT2D eigenvalue weighted by Gasteiger charge is 2.34. The van der Waals surface area contributed by atoms with Crippen LogP contribution in [0.25, 0.3) is 16.5 Å². The highest BCUT2D eigenvalue weighted by atomic mass is 79.9. The number of fused-ring (bicyclic) bond motifs is 1. The second-order valence-corrected chi connectivity index (χ2v) is 10.2. The molecule has 5 rings (SSSR count). The van der Waals surface area contributed by atoms with Gasteiger partial charge in [0.05, 0.1) is 17.2 Å². The zero-order valence-electron chi connectivity index (χ0n) is 16.8. The molecule has 30 heavy (non-hydrogen) atoms. The van der Waals surface area contributed by atoms with E-state index in [2.05, 4.69) is 56.9 Å². The third-order valence-corrected chi connectivity index (χ3v) is 7.18. The number of aromatic nitrogens is 3. The Morgan fingerprint density at radius 3 is 2.67 bits per heavy atom. The first-order valence-electron chi connectivity index (χ1n) is 10.1. The summed E-state index contributed by atoms with van der Waals surface area (Å²) in [7, 11) is 0. The summed E-state index contributed by atoms with van der Waals surface area (Å²) < 4.78 is 7.97. The Morgan fingerprint density at radius 1 is 1.20 bits per heavy atom. The lowest BCUT2D eigenvalue weighted by Gasteiger charge is -2.40. The zero-order chi connectivity index (χ0) is 20.8. The summed E-state index contributed by atoms with van der Waals surface area (Å²) in [6.45, 7) is 6.59. The molecule has 1 aliphatic heterocycles. The summed E-state index contributed by atoms with van der Waals surface area (Å²) in [5, 5.41) is 15.7. The van der Waals surface area contributed by atoms with E-state index in [1.54, 1.807) is 12.3 Å². The van der Waals surface area contributed by atoms with Gasteiger partial charge >= 0.3 is 0 Å². The number of likely N-dealkylation sites (tertiary alicyclic amines) is 1. The molecule has 0 spiro atoms.